The van der Waals surface area contributed by atoms with Gasteiger partial charge in [0.2, 0.25) is 0 Å². The number of halogens is 3. The van der Waals surface area contributed by atoms with E-state index in [1.165, 1.54) is 0 Å². The van der Waals surface area contributed by atoms with Crippen LogP contribution in [0.2, 0.25) is 0 Å². The second kappa shape index (κ2) is 2.47. The summed E-state index contributed by atoms with van der Waals surface area (Å²) < 4.78 is 60.2. The Morgan fingerprint density at radius 3 is 2.33 bits per heavy atom. The Morgan fingerprint density at radius 1 is 1.42 bits per heavy atom. The molecule has 8 heteroatoms. The van der Waals surface area contributed by atoms with E-state index >= 15 is 0 Å². The average Bonchev–Trinajstić information content (AvgIpc) is 2.34. The van der Waals surface area contributed by atoms with Crippen molar-refractivity contribution in [1.29, 1.82) is 0 Å². The SMILES string of the molecule is O=S(=O)(c1cnoc1)C(F)(F)F. The molecule has 68 valence electrons. The predicted molar refractivity (Wildman–Crippen MR) is 29.7 cm³/mol. The van der Waals surface area contributed by atoms with E-state index in [-0.39, 0.29) is 0 Å². The number of aromatic nitrogens is 1. The second-order valence-corrected chi connectivity index (χ2v) is 3.75. The summed E-state index contributed by atoms with van der Waals surface area (Å²) in [5.41, 5.74) is -5.31. The van der Waals surface area contributed by atoms with Gasteiger partial charge in [0, 0.05) is 0 Å². The summed E-state index contributed by atoms with van der Waals surface area (Å²) in [5.74, 6) is 0. The summed E-state index contributed by atoms with van der Waals surface area (Å²) in [4.78, 5) is -0.991. The van der Waals surface area contributed by atoms with Gasteiger partial charge < -0.3 is 4.52 Å². The number of sulfone groups is 1. The van der Waals surface area contributed by atoms with Crippen molar-refractivity contribution in [2.24, 2.45) is 0 Å². The van der Waals surface area contributed by atoms with Crippen LogP contribution in [0.25, 0.3) is 0 Å². The normalized spacial score (nSPS) is 13.2. The van der Waals surface area contributed by atoms with Gasteiger partial charge in [-0.3, -0.25) is 0 Å². The van der Waals surface area contributed by atoms with Gasteiger partial charge in [0.1, 0.15) is 11.2 Å². The minimum atomic E-state index is -5.31. The molecule has 0 unspecified atom stereocenters. The molecule has 0 atom stereocenters. The third-order valence-corrected chi connectivity index (χ3v) is 2.46. The monoisotopic (exact) mass is 201 g/mol. The van der Waals surface area contributed by atoms with Crippen molar-refractivity contribution in [3.63, 3.8) is 0 Å². The van der Waals surface area contributed by atoms with Crippen LogP contribution in [0.15, 0.2) is 21.9 Å². The van der Waals surface area contributed by atoms with Crippen LogP contribution >= 0.6 is 0 Å². The number of rotatable bonds is 1. The molecule has 12 heavy (non-hydrogen) atoms. The van der Waals surface area contributed by atoms with Gasteiger partial charge in [-0.2, -0.15) is 13.2 Å². The highest BCUT2D eigenvalue weighted by atomic mass is 32.2. The molecule has 1 aromatic heterocycles. The largest absolute Gasteiger partial charge is 0.502 e. The van der Waals surface area contributed by atoms with Gasteiger partial charge in [0.15, 0.2) is 0 Å². The zero-order valence-electron chi connectivity index (χ0n) is 5.37. The smallest absolute Gasteiger partial charge is 0.363 e. The second-order valence-electron chi connectivity index (χ2n) is 1.81. The fraction of sp³-hybridized carbons (Fsp3) is 0.250. The van der Waals surface area contributed by atoms with E-state index in [4.69, 9.17) is 0 Å². The lowest BCUT2D eigenvalue weighted by Gasteiger charge is -2.03. The van der Waals surface area contributed by atoms with Gasteiger partial charge >= 0.3 is 5.51 Å². The Bertz CT molecular complexity index is 351. The van der Waals surface area contributed by atoms with Gasteiger partial charge in [-0.05, 0) is 0 Å². The molecule has 0 radical (unpaired) electrons. The lowest BCUT2D eigenvalue weighted by molar-refractivity contribution is -0.0436. The standard InChI is InChI=1S/C4H2F3NO3S/c5-4(6,7)12(9,10)3-1-8-11-2-3/h1-2H. The van der Waals surface area contributed by atoms with Crippen molar-refractivity contribution in [1.82, 2.24) is 5.16 Å². The molecule has 0 aliphatic heterocycles. The van der Waals surface area contributed by atoms with Crippen LogP contribution in [0.3, 0.4) is 0 Å². The van der Waals surface area contributed by atoms with Gasteiger partial charge in [-0.25, -0.2) is 8.42 Å². The highest BCUT2D eigenvalue weighted by Gasteiger charge is 2.47. The number of hydrogen-bond donors (Lipinski definition) is 0. The molecule has 1 rings (SSSR count). The van der Waals surface area contributed by atoms with Crippen molar-refractivity contribution >= 4 is 9.84 Å². The van der Waals surface area contributed by atoms with E-state index in [1.54, 1.807) is 0 Å². The minimum absolute atomic E-state index is 0.419. The summed E-state index contributed by atoms with van der Waals surface area (Å²) in [6, 6.07) is 0. The zero-order chi connectivity index (χ0) is 9.41. The van der Waals surface area contributed by atoms with E-state index < -0.39 is 20.2 Å². The van der Waals surface area contributed by atoms with E-state index in [0.29, 0.717) is 12.5 Å². The maximum Gasteiger partial charge on any atom is 0.502 e. The van der Waals surface area contributed by atoms with Crippen molar-refractivity contribution in [2.75, 3.05) is 0 Å². The lowest BCUT2D eigenvalue weighted by atomic mass is 10.8. The van der Waals surface area contributed by atoms with Crippen LogP contribution in [0.1, 0.15) is 0 Å². The highest BCUT2D eigenvalue weighted by molar-refractivity contribution is 7.92. The molecule has 4 nitrogen and oxygen atoms in total. The van der Waals surface area contributed by atoms with Crippen LogP contribution in [0.5, 0.6) is 0 Å². The molecule has 0 amide bonds. The molecular weight excluding hydrogens is 199 g/mol. The number of nitrogens with zero attached hydrogens (tertiary/aromatic N) is 1. The van der Waals surface area contributed by atoms with Crippen LogP contribution in [0.4, 0.5) is 13.2 Å². The molecule has 0 aromatic carbocycles. The molecule has 0 aliphatic carbocycles. The van der Waals surface area contributed by atoms with Crippen molar-refractivity contribution < 1.29 is 26.1 Å². The van der Waals surface area contributed by atoms with Crippen LogP contribution in [-0.2, 0) is 9.84 Å². The molecule has 0 saturated heterocycles. The van der Waals surface area contributed by atoms with Crippen molar-refractivity contribution in [2.45, 2.75) is 10.4 Å². The minimum Gasteiger partial charge on any atom is -0.363 e. The summed E-state index contributed by atoms with van der Waals surface area (Å²) in [6.45, 7) is 0. The van der Waals surface area contributed by atoms with Crippen molar-refractivity contribution in [3.8, 4) is 0 Å². The lowest BCUT2D eigenvalue weighted by Crippen LogP contribution is -2.22. The molecule has 1 aromatic rings. The van der Waals surface area contributed by atoms with E-state index in [0.717, 1.165) is 0 Å². The topological polar surface area (TPSA) is 60.2 Å². The van der Waals surface area contributed by atoms with Crippen LogP contribution < -0.4 is 0 Å². The first-order valence-electron chi connectivity index (χ1n) is 2.56. The van der Waals surface area contributed by atoms with Gasteiger partial charge in [-0.1, -0.05) is 5.16 Å². The maximum absolute atomic E-state index is 11.7. The zero-order valence-corrected chi connectivity index (χ0v) is 6.19. The summed E-state index contributed by atoms with van der Waals surface area (Å²) in [7, 11) is -5.29. The first-order valence-corrected chi connectivity index (χ1v) is 4.05. The molecule has 0 saturated carbocycles. The Morgan fingerprint density at radius 2 is 2.00 bits per heavy atom. The highest BCUT2D eigenvalue weighted by Crippen LogP contribution is 2.29. The number of alkyl halides is 3. The van der Waals surface area contributed by atoms with Gasteiger partial charge in [-0.15, -0.1) is 0 Å². The fourth-order valence-corrected chi connectivity index (χ4v) is 1.08. The average molecular weight is 201 g/mol. The predicted octanol–water partition coefficient (Wildman–Crippen LogP) is 0.968. The molecular formula is C4H2F3NO3S. The fourth-order valence-electron chi connectivity index (χ4n) is 0.462. The molecule has 0 spiro atoms. The van der Waals surface area contributed by atoms with E-state index in [2.05, 4.69) is 9.68 Å². The summed E-state index contributed by atoms with van der Waals surface area (Å²) in [6.07, 6.45) is 0.908. The third-order valence-electron chi connectivity index (χ3n) is 1.02. The quantitative estimate of drug-likeness (QED) is 0.679. The van der Waals surface area contributed by atoms with Gasteiger partial charge in [0.05, 0.1) is 6.20 Å². The van der Waals surface area contributed by atoms with Crippen LogP contribution in [-0.4, -0.2) is 19.1 Å². The molecule has 0 N–H and O–H groups in total. The molecule has 1 heterocycles. The van der Waals surface area contributed by atoms with E-state index in [9.17, 15) is 21.6 Å². The van der Waals surface area contributed by atoms with Gasteiger partial charge in [0.25, 0.3) is 9.84 Å². The molecule has 0 aliphatic rings. The Balaban J connectivity index is 3.22. The third kappa shape index (κ3) is 1.29. The maximum atomic E-state index is 11.7. The summed E-state index contributed by atoms with van der Waals surface area (Å²) in [5, 5.41) is 2.85. The van der Waals surface area contributed by atoms with Crippen LogP contribution in [0, 0.1) is 0 Å². The Labute approximate surface area is 64.9 Å². The number of hydrogen-bond acceptors (Lipinski definition) is 4. The summed E-state index contributed by atoms with van der Waals surface area (Å²) >= 11 is 0. The first-order chi connectivity index (χ1) is 5.36. The Kier molecular flexibility index (Phi) is 1.86. The first kappa shape index (κ1) is 9.04. The molecule has 0 fully saturated rings. The molecule has 0 bridgehead atoms. The Hall–Kier alpha value is -1.05. The van der Waals surface area contributed by atoms with E-state index in [1.807, 2.05) is 0 Å². The van der Waals surface area contributed by atoms with Crippen molar-refractivity contribution in [3.05, 3.63) is 12.5 Å².